The molecule has 1 fully saturated rings. The minimum atomic E-state index is -0.395. The fourth-order valence-corrected chi connectivity index (χ4v) is 3.34. The molecule has 0 saturated carbocycles. The quantitative estimate of drug-likeness (QED) is 0.874. The van der Waals surface area contributed by atoms with Gasteiger partial charge in [0.05, 0.1) is 12.2 Å². The van der Waals surface area contributed by atoms with Gasteiger partial charge in [-0.05, 0) is 49.9 Å². The lowest BCUT2D eigenvalue weighted by molar-refractivity contribution is -0.117. The van der Waals surface area contributed by atoms with E-state index in [0.29, 0.717) is 12.6 Å². The Morgan fingerprint density at radius 3 is 2.67 bits per heavy atom. The number of halogens is 1. The molecule has 2 aromatic rings. The van der Waals surface area contributed by atoms with E-state index in [1.54, 1.807) is 18.2 Å². The van der Waals surface area contributed by atoms with Crippen LogP contribution in [0.4, 0.5) is 10.1 Å². The standard InChI is InChI=1S/C20H23FN2O/c21-18-10-4-5-11-19(18)22-20(24)15-23-14-6-9-17(23)13-12-16-7-2-1-3-8-16/h1-5,7-8,10-11,17H,6,9,12-15H2,(H,22,24). The molecule has 1 heterocycles. The first-order chi connectivity index (χ1) is 11.7. The summed E-state index contributed by atoms with van der Waals surface area (Å²) in [5.41, 5.74) is 1.59. The number of anilines is 1. The zero-order chi connectivity index (χ0) is 16.8. The Hall–Kier alpha value is -2.20. The number of hydrogen-bond acceptors (Lipinski definition) is 2. The van der Waals surface area contributed by atoms with Crippen LogP contribution < -0.4 is 5.32 Å². The third-order valence-corrected chi connectivity index (χ3v) is 4.60. The van der Waals surface area contributed by atoms with Gasteiger partial charge in [-0.3, -0.25) is 9.69 Å². The Kier molecular flexibility index (Phi) is 5.59. The summed E-state index contributed by atoms with van der Waals surface area (Å²) < 4.78 is 13.6. The zero-order valence-corrected chi connectivity index (χ0v) is 13.7. The molecule has 4 heteroatoms. The average Bonchev–Trinajstić information content (AvgIpc) is 3.03. The number of amides is 1. The minimum Gasteiger partial charge on any atom is -0.322 e. The highest BCUT2D eigenvalue weighted by molar-refractivity contribution is 5.92. The maximum Gasteiger partial charge on any atom is 0.238 e. The molecule has 0 aliphatic carbocycles. The van der Waals surface area contributed by atoms with Crippen molar-refractivity contribution in [2.75, 3.05) is 18.4 Å². The summed E-state index contributed by atoms with van der Waals surface area (Å²) in [4.78, 5) is 14.4. The van der Waals surface area contributed by atoms with Crippen LogP contribution >= 0.6 is 0 Å². The molecule has 0 radical (unpaired) electrons. The van der Waals surface area contributed by atoms with Crippen molar-refractivity contribution >= 4 is 11.6 Å². The number of likely N-dealkylation sites (tertiary alicyclic amines) is 1. The molecule has 1 amide bonds. The van der Waals surface area contributed by atoms with Gasteiger partial charge in [-0.2, -0.15) is 0 Å². The second-order valence-corrected chi connectivity index (χ2v) is 6.32. The molecule has 1 atom stereocenters. The summed E-state index contributed by atoms with van der Waals surface area (Å²) in [7, 11) is 0. The number of nitrogens with zero attached hydrogens (tertiary/aromatic N) is 1. The van der Waals surface area contributed by atoms with Crippen LogP contribution in [-0.2, 0) is 11.2 Å². The fraction of sp³-hybridized carbons (Fsp3) is 0.350. The van der Waals surface area contributed by atoms with Crippen LogP contribution in [0.5, 0.6) is 0 Å². The van der Waals surface area contributed by atoms with Crippen molar-refractivity contribution in [3.63, 3.8) is 0 Å². The van der Waals surface area contributed by atoms with Crippen molar-refractivity contribution in [3.8, 4) is 0 Å². The molecule has 3 nitrogen and oxygen atoms in total. The number of carbonyl (C=O) groups excluding carboxylic acids is 1. The van der Waals surface area contributed by atoms with Crippen molar-refractivity contribution in [2.24, 2.45) is 0 Å². The van der Waals surface area contributed by atoms with E-state index in [9.17, 15) is 9.18 Å². The number of rotatable bonds is 6. The third-order valence-electron chi connectivity index (χ3n) is 4.60. The lowest BCUT2D eigenvalue weighted by atomic mass is 10.0. The summed E-state index contributed by atoms with van der Waals surface area (Å²) in [6, 6.07) is 17.1. The van der Waals surface area contributed by atoms with Gasteiger partial charge in [0.1, 0.15) is 5.82 Å². The highest BCUT2D eigenvalue weighted by atomic mass is 19.1. The molecule has 0 bridgehead atoms. The van der Waals surface area contributed by atoms with Gasteiger partial charge in [-0.15, -0.1) is 0 Å². The van der Waals surface area contributed by atoms with E-state index < -0.39 is 5.82 Å². The van der Waals surface area contributed by atoms with E-state index in [2.05, 4.69) is 34.5 Å². The van der Waals surface area contributed by atoms with Crippen LogP contribution in [0.3, 0.4) is 0 Å². The largest absolute Gasteiger partial charge is 0.322 e. The number of benzene rings is 2. The Balaban J connectivity index is 1.52. The summed E-state index contributed by atoms with van der Waals surface area (Å²) in [5, 5.41) is 2.68. The number of para-hydroxylation sites is 1. The summed E-state index contributed by atoms with van der Waals surface area (Å²) in [6.07, 6.45) is 4.32. The van der Waals surface area contributed by atoms with E-state index >= 15 is 0 Å². The van der Waals surface area contributed by atoms with E-state index in [-0.39, 0.29) is 11.6 Å². The second-order valence-electron chi connectivity index (χ2n) is 6.32. The van der Waals surface area contributed by atoms with E-state index in [1.165, 1.54) is 11.6 Å². The van der Waals surface area contributed by atoms with Gasteiger partial charge in [0, 0.05) is 6.04 Å². The molecular formula is C20H23FN2O. The van der Waals surface area contributed by atoms with Crippen LogP contribution in [0.2, 0.25) is 0 Å². The molecule has 0 aromatic heterocycles. The number of carbonyl (C=O) groups is 1. The predicted octanol–water partition coefficient (Wildman–Crippen LogP) is 3.86. The molecule has 1 aliphatic heterocycles. The summed E-state index contributed by atoms with van der Waals surface area (Å²) in [6.45, 7) is 1.26. The Bertz CT molecular complexity index is 674. The maximum atomic E-state index is 13.6. The first-order valence-electron chi connectivity index (χ1n) is 8.55. The molecule has 0 spiro atoms. The molecular weight excluding hydrogens is 303 g/mol. The average molecular weight is 326 g/mol. The summed E-state index contributed by atoms with van der Waals surface area (Å²) in [5.74, 6) is -0.542. The Morgan fingerprint density at radius 2 is 1.88 bits per heavy atom. The van der Waals surface area contributed by atoms with Gasteiger partial charge < -0.3 is 5.32 Å². The lowest BCUT2D eigenvalue weighted by Crippen LogP contribution is -2.37. The minimum absolute atomic E-state index is 0.147. The number of hydrogen-bond donors (Lipinski definition) is 1. The van der Waals surface area contributed by atoms with Crippen LogP contribution in [0.25, 0.3) is 0 Å². The molecule has 1 N–H and O–H groups in total. The Labute approximate surface area is 142 Å². The van der Waals surface area contributed by atoms with E-state index in [0.717, 1.165) is 32.2 Å². The van der Waals surface area contributed by atoms with E-state index in [4.69, 9.17) is 0 Å². The molecule has 1 unspecified atom stereocenters. The number of aryl methyl sites for hydroxylation is 1. The van der Waals surface area contributed by atoms with Crippen LogP contribution in [0.1, 0.15) is 24.8 Å². The highest BCUT2D eigenvalue weighted by Crippen LogP contribution is 2.22. The first kappa shape index (κ1) is 16.7. The van der Waals surface area contributed by atoms with Gasteiger partial charge in [0.25, 0.3) is 0 Å². The van der Waals surface area contributed by atoms with Gasteiger partial charge in [-0.25, -0.2) is 4.39 Å². The fourth-order valence-electron chi connectivity index (χ4n) is 3.34. The molecule has 1 aliphatic rings. The lowest BCUT2D eigenvalue weighted by Gasteiger charge is -2.24. The second kappa shape index (κ2) is 8.06. The van der Waals surface area contributed by atoms with Gasteiger partial charge in [-0.1, -0.05) is 42.5 Å². The first-order valence-corrected chi connectivity index (χ1v) is 8.55. The van der Waals surface area contributed by atoms with Crippen molar-refractivity contribution < 1.29 is 9.18 Å². The topological polar surface area (TPSA) is 32.3 Å². The van der Waals surface area contributed by atoms with Gasteiger partial charge in [0.15, 0.2) is 0 Å². The normalized spacial score (nSPS) is 17.8. The van der Waals surface area contributed by atoms with Crippen LogP contribution in [-0.4, -0.2) is 29.9 Å². The van der Waals surface area contributed by atoms with Crippen molar-refractivity contribution in [2.45, 2.75) is 31.7 Å². The van der Waals surface area contributed by atoms with Gasteiger partial charge in [0.2, 0.25) is 5.91 Å². The monoisotopic (exact) mass is 326 g/mol. The maximum absolute atomic E-state index is 13.6. The van der Waals surface area contributed by atoms with E-state index in [1.807, 2.05) is 6.07 Å². The van der Waals surface area contributed by atoms with Crippen molar-refractivity contribution in [3.05, 3.63) is 66.0 Å². The smallest absolute Gasteiger partial charge is 0.238 e. The molecule has 2 aromatic carbocycles. The Morgan fingerprint density at radius 1 is 1.12 bits per heavy atom. The van der Waals surface area contributed by atoms with Crippen molar-refractivity contribution in [1.82, 2.24) is 4.90 Å². The SMILES string of the molecule is O=C(CN1CCCC1CCc1ccccc1)Nc1ccccc1F. The van der Waals surface area contributed by atoms with Crippen LogP contribution in [0, 0.1) is 5.82 Å². The molecule has 1 saturated heterocycles. The summed E-state index contributed by atoms with van der Waals surface area (Å²) >= 11 is 0. The van der Waals surface area contributed by atoms with Crippen molar-refractivity contribution in [1.29, 1.82) is 0 Å². The highest BCUT2D eigenvalue weighted by Gasteiger charge is 2.26. The predicted molar refractivity (Wildman–Crippen MR) is 94.4 cm³/mol. The molecule has 126 valence electrons. The zero-order valence-electron chi connectivity index (χ0n) is 13.7. The molecule has 24 heavy (non-hydrogen) atoms. The number of nitrogens with one attached hydrogen (secondary N) is 1. The van der Waals surface area contributed by atoms with Crippen LogP contribution in [0.15, 0.2) is 54.6 Å². The third kappa shape index (κ3) is 4.42. The molecule has 3 rings (SSSR count). The van der Waals surface area contributed by atoms with Gasteiger partial charge >= 0.3 is 0 Å².